The Hall–Kier alpha value is -2.40. The third-order valence-corrected chi connectivity index (χ3v) is 4.43. The van der Waals surface area contributed by atoms with Crippen LogP contribution in [0.2, 0.25) is 0 Å². The molecule has 0 spiro atoms. The largest absolute Gasteiger partial charge is 0.507 e. The minimum atomic E-state index is -0.689. The Morgan fingerprint density at radius 1 is 0.909 bits per heavy atom. The molecule has 0 radical (unpaired) electrons. The van der Waals surface area contributed by atoms with E-state index in [1.807, 2.05) is 0 Å². The molecule has 2 aromatic carbocycles. The molecule has 5 heteroatoms. The Morgan fingerprint density at radius 3 is 2.23 bits per heavy atom. The molecule has 0 fully saturated rings. The van der Waals surface area contributed by atoms with Crippen LogP contribution in [0.25, 0.3) is 5.76 Å². The monoisotopic (exact) mass is 314 g/mol. The van der Waals surface area contributed by atoms with Gasteiger partial charge in [0.2, 0.25) is 11.6 Å². The number of halogens is 1. The number of ketones is 2. The topological polar surface area (TPSA) is 54.4 Å². The number of carbonyl (C=O) groups excluding carboxylic acids is 2. The molecule has 0 amide bonds. The first kappa shape index (κ1) is 14.5. The van der Waals surface area contributed by atoms with Gasteiger partial charge in [-0.25, -0.2) is 4.39 Å². The number of hydrogen-bond acceptors (Lipinski definition) is 4. The van der Waals surface area contributed by atoms with Crippen LogP contribution in [0, 0.1) is 5.82 Å². The summed E-state index contributed by atoms with van der Waals surface area (Å²) in [6.07, 6.45) is 0. The molecule has 0 aromatic heterocycles. The van der Waals surface area contributed by atoms with E-state index in [9.17, 15) is 19.1 Å². The Kier molecular flexibility index (Phi) is 3.81. The lowest BCUT2D eigenvalue weighted by Crippen LogP contribution is -2.25. The molecule has 110 valence electrons. The molecule has 0 saturated heterocycles. The second-order valence-electron chi connectivity index (χ2n) is 4.77. The van der Waals surface area contributed by atoms with E-state index in [1.54, 1.807) is 30.3 Å². The summed E-state index contributed by atoms with van der Waals surface area (Å²) in [5, 5.41) is 10.3. The number of aliphatic hydroxyl groups excluding tert-OH is 1. The van der Waals surface area contributed by atoms with Crippen LogP contribution in [-0.2, 0) is 4.79 Å². The van der Waals surface area contributed by atoms with Crippen LogP contribution in [0.4, 0.5) is 4.39 Å². The van der Waals surface area contributed by atoms with Crippen molar-refractivity contribution >= 4 is 29.1 Å². The number of rotatable bonds is 3. The second kappa shape index (κ2) is 5.77. The van der Waals surface area contributed by atoms with Crippen LogP contribution in [0.15, 0.2) is 59.0 Å². The first-order valence-corrected chi connectivity index (χ1v) is 7.55. The van der Waals surface area contributed by atoms with Crippen LogP contribution in [0.5, 0.6) is 0 Å². The fourth-order valence-electron chi connectivity index (χ4n) is 2.24. The van der Waals surface area contributed by atoms with E-state index in [0.717, 1.165) is 4.90 Å². The Balaban J connectivity index is 1.91. The quantitative estimate of drug-likeness (QED) is 0.694. The van der Waals surface area contributed by atoms with Crippen LogP contribution in [0.3, 0.4) is 0 Å². The number of fused-ring (bicyclic) bond motifs is 1. The molecule has 0 heterocycles. The Labute approximate surface area is 130 Å². The third kappa shape index (κ3) is 2.55. The van der Waals surface area contributed by atoms with Crippen molar-refractivity contribution in [2.24, 2.45) is 0 Å². The van der Waals surface area contributed by atoms with Gasteiger partial charge < -0.3 is 5.11 Å². The predicted molar refractivity (Wildman–Crippen MR) is 82.5 cm³/mol. The second-order valence-corrected chi connectivity index (χ2v) is 5.82. The van der Waals surface area contributed by atoms with Gasteiger partial charge in [-0.3, -0.25) is 9.59 Å². The van der Waals surface area contributed by atoms with Gasteiger partial charge in [-0.05, 0) is 24.3 Å². The molecule has 3 nitrogen and oxygen atoms in total. The van der Waals surface area contributed by atoms with Gasteiger partial charge in [0.1, 0.15) is 11.6 Å². The van der Waals surface area contributed by atoms with Crippen molar-refractivity contribution < 1.29 is 19.1 Å². The van der Waals surface area contributed by atoms with Crippen molar-refractivity contribution in [3.8, 4) is 0 Å². The predicted octanol–water partition coefficient (Wildman–Crippen LogP) is 3.65. The number of Topliss-reactive ketones (excluding diaryl/α,β-unsaturated/α-hetero) is 2. The van der Waals surface area contributed by atoms with Crippen molar-refractivity contribution in [2.75, 3.05) is 5.75 Å². The van der Waals surface area contributed by atoms with Crippen molar-refractivity contribution in [1.82, 2.24) is 0 Å². The maximum atomic E-state index is 12.9. The van der Waals surface area contributed by atoms with Gasteiger partial charge in [0.25, 0.3) is 0 Å². The number of hydrogen-bond donors (Lipinski definition) is 1. The Bertz CT molecular complexity index is 794. The lowest BCUT2D eigenvalue weighted by Gasteiger charge is -2.17. The third-order valence-electron chi connectivity index (χ3n) is 3.39. The number of aliphatic hydroxyl groups is 1. The molecule has 2 aromatic rings. The lowest BCUT2D eigenvalue weighted by molar-refractivity contribution is -0.111. The number of thioether (sulfide) groups is 1. The lowest BCUT2D eigenvalue weighted by atomic mass is 9.89. The zero-order valence-corrected chi connectivity index (χ0v) is 12.2. The van der Waals surface area contributed by atoms with E-state index in [2.05, 4.69) is 0 Å². The van der Waals surface area contributed by atoms with Gasteiger partial charge in [-0.2, -0.15) is 0 Å². The van der Waals surface area contributed by atoms with Gasteiger partial charge in [-0.15, -0.1) is 11.8 Å². The highest BCUT2D eigenvalue weighted by Gasteiger charge is 2.32. The van der Waals surface area contributed by atoms with Crippen molar-refractivity contribution in [3.05, 3.63) is 71.0 Å². The molecule has 0 saturated carbocycles. The van der Waals surface area contributed by atoms with E-state index < -0.39 is 11.6 Å². The highest BCUT2D eigenvalue weighted by Crippen LogP contribution is 2.31. The van der Waals surface area contributed by atoms with E-state index in [-0.39, 0.29) is 28.5 Å². The molecule has 1 aliphatic rings. The zero-order valence-electron chi connectivity index (χ0n) is 11.4. The van der Waals surface area contributed by atoms with Crippen molar-refractivity contribution in [3.63, 3.8) is 0 Å². The average Bonchev–Trinajstić information content (AvgIpc) is 2.54. The first-order valence-electron chi connectivity index (χ1n) is 6.57. The van der Waals surface area contributed by atoms with Gasteiger partial charge >= 0.3 is 0 Å². The summed E-state index contributed by atoms with van der Waals surface area (Å²) < 4.78 is 12.9. The van der Waals surface area contributed by atoms with Crippen LogP contribution in [-0.4, -0.2) is 22.4 Å². The maximum Gasteiger partial charge on any atom is 0.234 e. The first-order chi connectivity index (χ1) is 10.6. The Morgan fingerprint density at radius 2 is 1.55 bits per heavy atom. The normalized spacial score (nSPS) is 14.2. The van der Waals surface area contributed by atoms with Gasteiger partial charge in [0.05, 0.1) is 5.57 Å². The molecule has 0 bridgehead atoms. The molecule has 22 heavy (non-hydrogen) atoms. The highest BCUT2D eigenvalue weighted by atomic mass is 32.2. The summed E-state index contributed by atoms with van der Waals surface area (Å²) in [7, 11) is 0. The minimum absolute atomic E-state index is 0.0815. The summed E-state index contributed by atoms with van der Waals surface area (Å²) >= 11 is 1.26. The average molecular weight is 314 g/mol. The fourth-order valence-corrected chi connectivity index (χ4v) is 3.14. The summed E-state index contributed by atoms with van der Waals surface area (Å²) in [6.45, 7) is 0. The van der Waals surface area contributed by atoms with Crippen molar-refractivity contribution in [2.45, 2.75) is 4.90 Å². The van der Waals surface area contributed by atoms with Gasteiger partial charge in [-0.1, -0.05) is 24.3 Å². The van der Waals surface area contributed by atoms with E-state index in [0.29, 0.717) is 5.56 Å². The van der Waals surface area contributed by atoms with Crippen molar-refractivity contribution in [1.29, 1.82) is 0 Å². The van der Waals surface area contributed by atoms with Crippen LogP contribution >= 0.6 is 11.8 Å². The van der Waals surface area contributed by atoms with Gasteiger partial charge in [0.15, 0.2) is 0 Å². The molecular formula is C17H11FO3S. The number of benzene rings is 2. The molecule has 1 aliphatic carbocycles. The van der Waals surface area contributed by atoms with Gasteiger partial charge in [0, 0.05) is 21.8 Å². The van der Waals surface area contributed by atoms with E-state index >= 15 is 0 Å². The standard InChI is InChI=1S/C17H11FO3S/c18-10-5-7-11(8-6-10)22-9-14-15(19)12-3-1-2-4-13(12)16(20)17(14)21/h1-8,19H,9H2. The fraction of sp³-hybridized carbons (Fsp3) is 0.0588. The smallest absolute Gasteiger partial charge is 0.234 e. The molecule has 1 N–H and O–H groups in total. The minimum Gasteiger partial charge on any atom is -0.507 e. The molecule has 0 aliphatic heterocycles. The van der Waals surface area contributed by atoms with E-state index in [4.69, 9.17) is 0 Å². The summed E-state index contributed by atoms with van der Waals surface area (Å²) in [5.74, 6) is -1.65. The summed E-state index contributed by atoms with van der Waals surface area (Å²) in [5.41, 5.74) is 0.681. The molecule has 0 atom stereocenters. The molecular weight excluding hydrogens is 303 g/mol. The SMILES string of the molecule is O=C1C(=O)c2ccccc2C(O)=C1CSc1ccc(F)cc1. The number of carbonyl (C=O) groups is 2. The molecule has 3 rings (SSSR count). The van der Waals surface area contributed by atoms with Crippen LogP contribution < -0.4 is 0 Å². The van der Waals surface area contributed by atoms with E-state index in [1.165, 1.54) is 30.0 Å². The molecule has 0 unspecified atom stereocenters. The summed E-state index contributed by atoms with van der Waals surface area (Å²) in [4.78, 5) is 25.0. The maximum absolute atomic E-state index is 12.9. The zero-order chi connectivity index (χ0) is 15.7. The summed E-state index contributed by atoms with van der Waals surface area (Å²) in [6, 6.07) is 12.3. The van der Waals surface area contributed by atoms with Crippen LogP contribution in [0.1, 0.15) is 15.9 Å². The highest BCUT2D eigenvalue weighted by molar-refractivity contribution is 7.99.